The van der Waals surface area contributed by atoms with Gasteiger partial charge in [0.1, 0.15) is 0 Å². The van der Waals surface area contributed by atoms with Crippen molar-refractivity contribution in [2.45, 2.75) is 0 Å². The molecule has 94 valence electrons. The minimum atomic E-state index is -0.689. The van der Waals surface area contributed by atoms with Gasteiger partial charge in [-0.15, -0.1) is 0 Å². The molecule has 0 bridgehead atoms. The maximum atomic E-state index is 13.5. The summed E-state index contributed by atoms with van der Waals surface area (Å²) in [7, 11) is 1.52. The van der Waals surface area contributed by atoms with Crippen molar-refractivity contribution < 1.29 is 14.1 Å². The molecule has 0 amide bonds. The Morgan fingerprint density at radius 3 is 2.94 bits per heavy atom. The van der Waals surface area contributed by atoms with Crippen LogP contribution in [0.4, 0.5) is 10.2 Å². The van der Waals surface area contributed by atoms with Crippen LogP contribution in [0.3, 0.4) is 0 Å². The molecule has 0 aliphatic heterocycles. The molecule has 0 saturated carbocycles. The fraction of sp³-hybridized carbons (Fsp3) is 0.100. The molecular weight excluding hydrogens is 309 g/mol. The normalized spacial score (nSPS) is 10.4. The maximum absolute atomic E-state index is 13.5. The van der Waals surface area contributed by atoms with Crippen LogP contribution in [0.2, 0.25) is 0 Å². The van der Waals surface area contributed by atoms with Gasteiger partial charge in [0.05, 0.1) is 0 Å². The van der Waals surface area contributed by atoms with Crippen molar-refractivity contribution in [3.05, 3.63) is 44.9 Å². The molecule has 1 aromatic heterocycles. The van der Waals surface area contributed by atoms with Crippen LogP contribution in [-0.2, 0) is 7.05 Å². The zero-order valence-electron chi connectivity index (χ0n) is 9.13. The van der Waals surface area contributed by atoms with Crippen LogP contribution in [0.25, 0.3) is 0 Å². The Morgan fingerprint density at radius 1 is 1.56 bits per heavy atom. The van der Waals surface area contributed by atoms with Crippen LogP contribution in [0.1, 0.15) is 0 Å². The number of benzene rings is 1. The van der Waals surface area contributed by atoms with Crippen molar-refractivity contribution in [1.29, 1.82) is 0 Å². The first-order chi connectivity index (χ1) is 8.49. The van der Waals surface area contributed by atoms with Crippen LogP contribution in [0.5, 0.6) is 11.6 Å². The maximum Gasteiger partial charge on any atom is 0.427 e. The Morgan fingerprint density at radius 2 is 2.28 bits per heavy atom. The topological polar surface area (TPSA) is 70.2 Å². The molecule has 0 unspecified atom stereocenters. The summed E-state index contributed by atoms with van der Waals surface area (Å²) in [6, 6.07) is 4.08. The van der Waals surface area contributed by atoms with Gasteiger partial charge in [-0.2, -0.15) is 0 Å². The van der Waals surface area contributed by atoms with Crippen LogP contribution in [-0.4, -0.2) is 14.5 Å². The first kappa shape index (κ1) is 12.5. The summed E-state index contributed by atoms with van der Waals surface area (Å²) in [6.07, 6.45) is 1.23. The third-order valence-corrected chi connectivity index (χ3v) is 2.63. The highest BCUT2D eigenvalue weighted by Gasteiger charge is 2.23. The lowest BCUT2D eigenvalue weighted by atomic mass is 10.3. The SMILES string of the molecule is Cn1cnc([N+](=O)[O-])c1Oc1cc(Br)ccc1F. The van der Waals surface area contributed by atoms with E-state index in [0.29, 0.717) is 4.47 Å². The van der Waals surface area contributed by atoms with Gasteiger partial charge in [-0.25, -0.2) is 4.39 Å². The van der Waals surface area contributed by atoms with Crippen LogP contribution in [0, 0.1) is 15.9 Å². The van der Waals surface area contributed by atoms with E-state index >= 15 is 0 Å². The predicted octanol–water partition coefficient (Wildman–Crippen LogP) is 3.02. The van der Waals surface area contributed by atoms with E-state index in [0.717, 1.165) is 0 Å². The number of ether oxygens (including phenoxy) is 1. The number of halogens is 2. The molecule has 0 saturated heterocycles. The molecule has 0 spiro atoms. The van der Waals surface area contributed by atoms with Crippen LogP contribution in [0.15, 0.2) is 29.0 Å². The van der Waals surface area contributed by atoms with Crippen molar-refractivity contribution in [3.63, 3.8) is 0 Å². The molecule has 0 aliphatic rings. The summed E-state index contributed by atoms with van der Waals surface area (Å²) in [4.78, 5) is 13.6. The number of nitro groups is 1. The highest BCUT2D eigenvalue weighted by Crippen LogP contribution is 2.32. The second-order valence-corrected chi connectivity index (χ2v) is 4.33. The molecule has 1 heterocycles. The minimum Gasteiger partial charge on any atom is -0.430 e. The number of hydrogen-bond donors (Lipinski definition) is 0. The average Bonchev–Trinajstić information content (AvgIpc) is 2.66. The monoisotopic (exact) mass is 315 g/mol. The van der Waals surface area contributed by atoms with Gasteiger partial charge in [0.2, 0.25) is 6.33 Å². The minimum absolute atomic E-state index is 0.115. The Bertz CT molecular complexity index is 614. The van der Waals surface area contributed by atoms with Crippen molar-refractivity contribution in [2.24, 2.45) is 7.05 Å². The van der Waals surface area contributed by atoms with Crippen LogP contribution >= 0.6 is 15.9 Å². The highest BCUT2D eigenvalue weighted by atomic mass is 79.9. The lowest BCUT2D eigenvalue weighted by Gasteiger charge is -2.06. The van der Waals surface area contributed by atoms with Crippen molar-refractivity contribution >= 4 is 21.7 Å². The van der Waals surface area contributed by atoms with Crippen LogP contribution < -0.4 is 4.74 Å². The molecule has 1 aromatic carbocycles. The van der Waals surface area contributed by atoms with E-state index in [1.165, 1.54) is 36.1 Å². The van der Waals surface area contributed by atoms with Crippen molar-refractivity contribution in [1.82, 2.24) is 9.55 Å². The van der Waals surface area contributed by atoms with Crippen molar-refractivity contribution in [2.75, 3.05) is 0 Å². The number of rotatable bonds is 3. The smallest absolute Gasteiger partial charge is 0.427 e. The van der Waals surface area contributed by atoms with Gasteiger partial charge in [-0.3, -0.25) is 4.57 Å². The Balaban J connectivity index is 2.42. The molecule has 0 radical (unpaired) electrons. The Kier molecular flexibility index (Phi) is 3.28. The fourth-order valence-electron chi connectivity index (χ4n) is 1.31. The summed E-state index contributed by atoms with van der Waals surface area (Å²) in [5, 5.41) is 10.7. The quantitative estimate of drug-likeness (QED) is 0.644. The highest BCUT2D eigenvalue weighted by molar-refractivity contribution is 9.10. The first-order valence-electron chi connectivity index (χ1n) is 4.77. The summed E-state index contributed by atoms with van der Waals surface area (Å²) in [5.41, 5.74) is 0. The van der Waals surface area contributed by atoms with E-state index in [2.05, 4.69) is 20.9 Å². The molecule has 0 N–H and O–H groups in total. The standard InChI is InChI=1S/C10H7BrFN3O3/c1-14-5-13-9(15(16)17)10(14)18-8-4-6(11)2-3-7(8)12/h2-5H,1H3. The number of hydrogen-bond acceptors (Lipinski definition) is 4. The van der Waals surface area contributed by atoms with Gasteiger partial charge in [0.25, 0.3) is 0 Å². The molecule has 0 atom stereocenters. The zero-order chi connectivity index (χ0) is 13.3. The fourth-order valence-corrected chi connectivity index (χ4v) is 1.65. The molecule has 18 heavy (non-hydrogen) atoms. The molecule has 2 aromatic rings. The molecule has 2 rings (SSSR count). The van der Waals surface area contributed by atoms with E-state index in [1.54, 1.807) is 0 Å². The van der Waals surface area contributed by atoms with Gasteiger partial charge < -0.3 is 14.9 Å². The van der Waals surface area contributed by atoms with E-state index in [-0.39, 0.29) is 11.6 Å². The molecular formula is C10H7BrFN3O3. The average molecular weight is 316 g/mol. The van der Waals surface area contributed by atoms with E-state index in [4.69, 9.17) is 4.74 Å². The Hall–Kier alpha value is -1.96. The third kappa shape index (κ3) is 2.33. The molecule has 0 fully saturated rings. The summed E-state index contributed by atoms with van der Waals surface area (Å²) in [5.74, 6) is -1.32. The van der Waals surface area contributed by atoms with Gasteiger partial charge in [0.15, 0.2) is 11.6 Å². The largest absolute Gasteiger partial charge is 0.430 e. The van der Waals surface area contributed by atoms with Gasteiger partial charge in [-0.1, -0.05) is 15.9 Å². The molecule has 0 aliphatic carbocycles. The van der Waals surface area contributed by atoms with E-state index in [1.807, 2.05) is 0 Å². The second-order valence-electron chi connectivity index (χ2n) is 3.42. The summed E-state index contributed by atoms with van der Waals surface area (Å²) >= 11 is 3.16. The lowest BCUT2D eigenvalue weighted by Crippen LogP contribution is -1.97. The van der Waals surface area contributed by atoms with Gasteiger partial charge >= 0.3 is 11.7 Å². The number of imidazole rings is 1. The number of aryl methyl sites for hydroxylation is 1. The second kappa shape index (κ2) is 4.73. The summed E-state index contributed by atoms with van der Waals surface area (Å²) < 4.78 is 20.6. The number of aromatic nitrogens is 2. The number of nitrogens with zero attached hydrogens (tertiary/aromatic N) is 3. The van der Waals surface area contributed by atoms with Crippen molar-refractivity contribution in [3.8, 4) is 11.6 Å². The molecule has 8 heteroatoms. The van der Waals surface area contributed by atoms with Gasteiger partial charge in [0, 0.05) is 11.5 Å². The first-order valence-corrected chi connectivity index (χ1v) is 5.57. The van der Waals surface area contributed by atoms with E-state index < -0.39 is 16.6 Å². The Labute approximate surface area is 109 Å². The zero-order valence-corrected chi connectivity index (χ0v) is 10.7. The summed E-state index contributed by atoms with van der Waals surface area (Å²) in [6.45, 7) is 0. The predicted molar refractivity (Wildman–Crippen MR) is 64.0 cm³/mol. The van der Waals surface area contributed by atoms with E-state index in [9.17, 15) is 14.5 Å². The lowest BCUT2D eigenvalue weighted by molar-refractivity contribution is -0.390. The third-order valence-electron chi connectivity index (χ3n) is 2.14. The van der Waals surface area contributed by atoms with Gasteiger partial charge in [-0.05, 0) is 28.1 Å². The molecule has 6 nitrogen and oxygen atoms in total.